The van der Waals surface area contributed by atoms with E-state index in [-0.39, 0.29) is 12.5 Å². The van der Waals surface area contributed by atoms with Gasteiger partial charge in [0.25, 0.3) is 0 Å². The van der Waals surface area contributed by atoms with Crippen LogP contribution in [0.3, 0.4) is 0 Å². The zero-order chi connectivity index (χ0) is 13.0. The van der Waals surface area contributed by atoms with Crippen LogP contribution in [-0.4, -0.2) is 62.9 Å². The summed E-state index contributed by atoms with van der Waals surface area (Å²) < 4.78 is 15.1. The molecule has 1 unspecified atom stereocenters. The summed E-state index contributed by atoms with van der Waals surface area (Å²) in [5, 5.41) is 0. The van der Waals surface area contributed by atoms with Crippen LogP contribution in [0.5, 0.6) is 0 Å². The first kappa shape index (κ1) is 13.0. The topological polar surface area (TPSA) is 65.1 Å². The molecule has 1 saturated heterocycles. The molecular formula is C12H17NO5. The van der Waals surface area contributed by atoms with Gasteiger partial charge in [-0.25, -0.2) is 4.79 Å². The fourth-order valence-electron chi connectivity index (χ4n) is 2.03. The molecule has 0 aromatic carbocycles. The quantitative estimate of drug-likeness (QED) is 0.636. The highest BCUT2D eigenvalue weighted by Gasteiger charge is 2.31. The van der Waals surface area contributed by atoms with Crippen LogP contribution in [0.4, 0.5) is 0 Å². The average molecular weight is 255 g/mol. The lowest BCUT2D eigenvalue weighted by Gasteiger charge is -2.32. The normalized spacial score (nSPS) is 24.4. The van der Waals surface area contributed by atoms with Crippen LogP contribution in [0.25, 0.3) is 0 Å². The van der Waals surface area contributed by atoms with Crippen molar-refractivity contribution in [1.82, 2.24) is 4.90 Å². The molecular weight excluding hydrogens is 238 g/mol. The number of hydrogen-bond acceptors (Lipinski definition) is 5. The Hall–Kier alpha value is -1.40. The average Bonchev–Trinajstić information content (AvgIpc) is 2.46. The number of esters is 1. The van der Waals surface area contributed by atoms with Crippen LogP contribution >= 0.6 is 0 Å². The van der Waals surface area contributed by atoms with E-state index in [4.69, 9.17) is 9.47 Å². The number of nitrogens with zero attached hydrogens (tertiary/aromatic N) is 1. The zero-order valence-corrected chi connectivity index (χ0v) is 10.4. The fraction of sp³-hybridized carbons (Fsp3) is 0.667. The summed E-state index contributed by atoms with van der Waals surface area (Å²) in [7, 11) is 1.31. The van der Waals surface area contributed by atoms with Crippen molar-refractivity contribution in [1.29, 1.82) is 0 Å². The highest BCUT2D eigenvalue weighted by molar-refractivity contribution is 5.94. The standard InChI is InChI=1S/C12H17NO5/c1-16-12(15)10-8-13(4-7-18-10)11(14)9-2-5-17-6-3-9/h2,10H,3-8H2,1H3. The second kappa shape index (κ2) is 5.97. The number of methoxy groups -OCH3 is 1. The Kier molecular flexibility index (Phi) is 4.33. The number of amides is 1. The Morgan fingerprint density at radius 1 is 1.44 bits per heavy atom. The van der Waals surface area contributed by atoms with Gasteiger partial charge in [-0.05, 0) is 0 Å². The van der Waals surface area contributed by atoms with Gasteiger partial charge in [-0.15, -0.1) is 0 Å². The van der Waals surface area contributed by atoms with E-state index in [0.29, 0.717) is 32.8 Å². The molecule has 2 aliphatic heterocycles. The van der Waals surface area contributed by atoms with Crippen LogP contribution in [0, 0.1) is 0 Å². The van der Waals surface area contributed by atoms with E-state index in [2.05, 4.69) is 4.74 Å². The maximum atomic E-state index is 12.2. The van der Waals surface area contributed by atoms with E-state index in [9.17, 15) is 9.59 Å². The number of carbonyl (C=O) groups excluding carboxylic acids is 2. The molecule has 0 aromatic heterocycles. The van der Waals surface area contributed by atoms with Gasteiger partial charge in [0.2, 0.25) is 5.91 Å². The predicted molar refractivity (Wildman–Crippen MR) is 61.9 cm³/mol. The molecule has 0 radical (unpaired) electrons. The van der Waals surface area contributed by atoms with Gasteiger partial charge in [0.1, 0.15) is 0 Å². The third kappa shape index (κ3) is 2.88. The second-order valence-corrected chi connectivity index (χ2v) is 4.19. The third-order valence-electron chi connectivity index (χ3n) is 3.06. The highest BCUT2D eigenvalue weighted by atomic mass is 16.6. The Morgan fingerprint density at radius 2 is 2.28 bits per heavy atom. The van der Waals surface area contributed by atoms with Crippen molar-refractivity contribution in [3.05, 3.63) is 11.6 Å². The van der Waals surface area contributed by atoms with Gasteiger partial charge in [-0.1, -0.05) is 6.08 Å². The molecule has 1 fully saturated rings. The summed E-state index contributed by atoms with van der Waals surface area (Å²) in [4.78, 5) is 25.2. The van der Waals surface area contributed by atoms with E-state index >= 15 is 0 Å². The Labute approximate surface area is 105 Å². The predicted octanol–water partition coefficient (Wildman–Crippen LogP) is -0.267. The first-order chi connectivity index (χ1) is 8.72. The van der Waals surface area contributed by atoms with E-state index < -0.39 is 12.1 Å². The minimum absolute atomic E-state index is 0.0319. The maximum Gasteiger partial charge on any atom is 0.336 e. The van der Waals surface area contributed by atoms with Gasteiger partial charge in [-0.3, -0.25) is 4.79 Å². The molecule has 100 valence electrons. The smallest absolute Gasteiger partial charge is 0.336 e. The number of hydrogen-bond donors (Lipinski definition) is 0. The molecule has 0 aromatic rings. The summed E-state index contributed by atoms with van der Waals surface area (Å²) in [5.74, 6) is -0.469. The maximum absolute atomic E-state index is 12.2. The van der Waals surface area contributed by atoms with E-state index in [0.717, 1.165) is 5.57 Å². The Morgan fingerprint density at radius 3 is 2.94 bits per heavy atom. The van der Waals surface area contributed by atoms with Crippen LogP contribution < -0.4 is 0 Å². The second-order valence-electron chi connectivity index (χ2n) is 4.19. The summed E-state index contributed by atoms with van der Waals surface area (Å²) in [6, 6.07) is 0. The van der Waals surface area contributed by atoms with Gasteiger partial charge in [0.15, 0.2) is 6.10 Å². The van der Waals surface area contributed by atoms with Crippen molar-refractivity contribution in [2.45, 2.75) is 12.5 Å². The summed E-state index contributed by atoms with van der Waals surface area (Å²) >= 11 is 0. The van der Waals surface area contributed by atoms with Crippen LogP contribution in [0.2, 0.25) is 0 Å². The van der Waals surface area contributed by atoms with Crippen molar-refractivity contribution in [3.8, 4) is 0 Å². The molecule has 6 nitrogen and oxygen atoms in total. The van der Waals surface area contributed by atoms with Crippen LogP contribution in [0.1, 0.15) is 6.42 Å². The lowest BCUT2D eigenvalue weighted by molar-refractivity contribution is -0.161. The number of ether oxygens (including phenoxy) is 3. The Bertz CT molecular complexity index is 365. The molecule has 2 aliphatic rings. The fourth-order valence-corrected chi connectivity index (χ4v) is 2.03. The molecule has 6 heteroatoms. The van der Waals surface area contributed by atoms with Gasteiger partial charge < -0.3 is 19.1 Å². The van der Waals surface area contributed by atoms with Gasteiger partial charge in [-0.2, -0.15) is 0 Å². The van der Waals surface area contributed by atoms with Crippen molar-refractivity contribution in [2.75, 3.05) is 40.0 Å². The molecule has 0 aliphatic carbocycles. The monoisotopic (exact) mass is 255 g/mol. The molecule has 0 bridgehead atoms. The molecule has 1 amide bonds. The lowest BCUT2D eigenvalue weighted by Crippen LogP contribution is -2.49. The first-order valence-electron chi connectivity index (χ1n) is 5.98. The van der Waals surface area contributed by atoms with E-state index in [1.165, 1.54) is 7.11 Å². The van der Waals surface area contributed by atoms with Gasteiger partial charge in [0.05, 0.1) is 33.5 Å². The SMILES string of the molecule is COC(=O)C1CN(C(=O)C2=CCOCC2)CCO1. The molecule has 0 N–H and O–H groups in total. The lowest BCUT2D eigenvalue weighted by atomic mass is 10.1. The molecule has 0 spiro atoms. The zero-order valence-electron chi connectivity index (χ0n) is 10.4. The van der Waals surface area contributed by atoms with Crippen molar-refractivity contribution < 1.29 is 23.8 Å². The highest BCUT2D eigenvalue weighted by Crippen LogP contribution is 2.15. The summed E-state index contributed by atoms with van der Waals surface area (Å²) in [6.45, 7) is 2.16. The van der Waals surface area contributed by atoms with E-state index in [1.54, 1.807) is 11.0 Å². The number of rotatable bonds is 2. The number of morpholine rings is 1. The van der Waals surface area contributed by atoms with Crippen LogP contribution in [-0.2, 0) is 23.8 Å². The molecule has 1 atom stereocenters. The van der Waals surface area contributed by atoms with Crippen molar-refractivity contribution >= 4 is 11.9 Å². The molecule has 2 heterocycles. The summed E-state index contributed by atoms with van der Waals surface area (Å²) in [5.41, 5.74) is 0.756. The third-order valence-corrected chi connectivity index (χ3v) is 3.06. The van der Waals surface area contributed by atoms with Gasteiger partial charge in [0, 0.05) is 18.5 Å². The molecule has 2 rings (SSSR count). The minimum atomic E-state index is -0.673. The van der Waals surface area contributed by atoms with Crippen molar-refractivity contribution in [3.63, 3.8) is 0 Å². The van der Waals surface area contributed by atoms with Crippen LogP contribution in [0.15, 0.2) is 11.6 Å². The van der Waals surface area contributed by atoms with E-state index in [1.807, 2.05) is 0 Å². The molecule has 18 heavy (non-hydrogen) atoms. The number of carbonyl (C=O) groups is 2. The Balaban J connectivity index is 1.97. The largest absolute Gasteiger partial charge is 0.467 e. The minimum Gasteiger partial charge on any atom is -0.467 e. The van der Waals surface area contributed by atoms with Crippen molar-refractivity contribution in [2.24, 2.45) is 0 Å². The molecule has 0 saturated carbocycles. The summed E-state index contributed by atoms with van der Waals surface area (Å²) in [6.07, 6.45) is 1.75. The van der Waals surface area contributed by atoms with Gasteiger partial charge >= 0.3 is 5.97 Å². The first-order valence-corrected chi connectivity index (χ1v) is 5.98.